The van der Waals surface area contributed by atoms with Gasteiger partial charge < -0.3 is 5.11 Å². The van der Waals surface area contributed by atoms with Crippen LogP contribution in [0.25, 0.3) is 0 Å². The molecule has 1 heterocycles. The second-order valence-corrected chi connectivity index (χ2v) is 5.70. The lowest BCUT2D eigenvalue weighted by Crippen LogP contribution is -2.32. The van der Waals surface area contributed by atoms with Crippen LogP contribution < -0.4 is 5.48 Å². The average molecular weight is 310 g/mol. The minimum Gasteiger partial charge on any atom is -0.396 e. The number of fused-ring (bicyclic) bond motifs is 1. The molecule has 1 amide bonds. The summed E-state index contributed by atoms with van der Waals surface area (Å²) in [6, 6.07) is 2.83. The Morgan fingerprint density at radius 1 is 1.27 bits per heavy atom. The Bertz CT molecular complexity index is 522. The van der Waals surface area contributed by atoms with Crippen molar-refractivity contribution in [1.29, 1.82) is 0 Å². The van der Waals surface area contributed by atoms with Crippen molar-refractivity contribution in [2.45, 2.75) is 38.6 Å². The maximum Gasteiger partial charge on any atom is 0.274 e. The quantitative estimate of drug-likeness (QED) is 0.408. The van der Waals surface area contributed by atoms with Crippen LogP contribution in [0.4, 0.5) is 4.39 Å². The molecule has 1 aromatic carbocycles. The molecule has 5 nitrogen and oxygen atoms in total. The molecular weight excluding hydrogens is 287 g/mol. The number of carbonyl (C=O) groups excluding carboxylic acids is 1. The molecule has 0 saturated heterocycles. The van der Waals surface area contributed by atoms with Crippen molar-refractivity contribution >= 4 is 5.91 Å². The highest BCUT2D eigenvalue weighted by Crippen LogP contribution is 2.24. The first-order valence-electron chi connectivity index (χ1n) is 7.74. The molecule has 0 atom stereocenters. The van der Waals surface area contributed by atoms with E-state index in [1.807, 2.05) is 0 Å². The Morgan fingerprint density at radius 2 is 2.05 bits per heavy atom. The standard InChI is InChI=1S/C16H23FN2O3/c17-15-10-13(16(21)18-22)9-12-5-7-19(11-14(12)15)6-3-1-2-4-8-20/h9-10,20,22H,1-8,11H2,(H,18,21). The zero-order valence-corrected chi connectivity index (χ0v) is 12.6. The number of hydrogen-bond acceptors (Lipinski definition) is 4. The molecule has 3 N–H and O–H groups in total. The Balaban J connectivity index is 1.94. The van der Waals surface area contributed by atoms with Crippen LogP contribution in [0.3, 0.4) is 0 Å². The summed E-state index contributed by atoms with van der Waals surface area (Å²) in [5.74, 6) is -1.07. The van der Waals surface area contributed by atoms with Crippen LogP contribution in [0.2, 0.25) is 0 Å². The van der Waals surface area contributed by atoms with E-state index in [9.17, 15) is 9.18 Å². The van der Waals surface area contributed by atoms with Gasteiger partial charge in [-0.25, -0.2) is 9.87 Å². The van der Waals surface area contributed by atoms with Gasteiger partial charge in [-0.2, -0.15) is 0 Å². The number of aliphatic hydroxyl groups is 1. The van der Waals surface area contributed by atoms with E-state index in [4.69, 9.17) is 10.3 Å². The molecule has 1 aromatic rings. The third-order valence-corrected chi connectivity index (χ3v) is 4.11. The summed E-state index contributed by atoms with van der Waals surface area (Å²) in [4.78, 5) is 13.6. The lowest BCUT2D eigenvalue weighted by Gasteiger charge is -2.29. The van der Waals surface area contributed by atoms with Gasteiger partial charge in [0.25, 0.3) is 5.91 Å². The summed E-state index contributed by atoms with van der Waals surface area (Å²) < 4.78 is 14.2. The Kier molecular flexibility index (Phi) is 6.30. The fourth-order valence-corrected chi connectivity index (χ4v) is 2.86. The molecule has 22 heavy (non-hydrogen) atoms. The third-order valence-electron chi connectivity index (χ3n) is 4.11. The number of hydroxylamine groups is 1. The van der Waals surface area contributed by atoms with E-state index in [1.54, 1.807) is 6.07 Å². The molecule has 1 aliphatic rings. The molecule has 0 bridgehead atoms. The van der Waals surface area contributed by atoms with Gasteiger partial charge in [0.15, 0.2) is 0 Å². The summed E-state index contributed by atoms with van der Waals surface area (Å²) in [5.41, 5.74) is 3.18. The molecule has 0 spiro atoms. The number of hydrogen-bond donors (Lipinski definition) is 3. The van der Waals surface area contributed by atoms with Crippen molar-refractivity contribution < 1.29 is 19.5 Å². The van der Waals surface area contributed by atoms with Gasteiger partial charge in [-0.15, -0.1) is 0 Å². The summed E-state index contributed by atoms with van der Waals surface area (Å²) in [6.45, 7) is 2.56. The molecule has 0 aliphatic carbocycles. The van der Waals surface area contributed by atoms with Crippen molar-refractivity contribution in [2.75, 3.05) is 19.7 Å². The lowest BCUT2D eigenvalue weighted by molar-refractivity contribution is 0.0705. The van der Waals surface area contributed by atoms with Crippen LogP contribution in [-0.4, -0.2) is 40.8 Å². The SMILES string of the molecule is O=C(NO)c1cc(F)c2c(c1)CCN(CCCCCCO)C2. The number of aliphatic hydroxyl groups excluding tert-OH is 1. The Hall–Kier alpha value is -1.50. The van der Waals surface area contributed by atoms with Crippen molar-refractivity contribution in [3.05, 3.63) is 34.6 Å². The summed E-state index contributed by atoms with van der Waals surface area (Å²) in [7, 11) is 0. The number of halogens is 1. The number of benzene rings is 1. The van der Waals surface area contributed by atoms with E-state index in [0.717, 1.165) is 44.3 Å². The van der Waals surface area contributed by atoms with E-state index >= 15 is 0 Å². The van der Waals surface area contributed by atoms with Gasteiger partial charge in [0.2, 0.25) is 0 Å². The molecule has 0 radical (unpaired) electrons. The first-order chi connectivity index (χ1) is 10.7. The zero-order chi connectivity index (χ0) is 15.9. The van der Waals surface area contributed by atoms with Crippen LogP contribution in [0.5, 0.6) is 0 Å². The first-order valence-corrected chi connectivity index (χ1v) is 7.74. The van der Waals surface area contributed by atoms with Crippen LogP contribution in [-0.2, 0) is 13.0 Å². The third kappa shape index (κ3) is 4.25. The monoisotopic (exact) mass is 310 g/mol. The van der Waals surface area contributed by atoms with Gasteiger partial charge in [0.05, 0.1) is 0 Å². The fourth-order valence-electron chi connectivity index (χ4n) is 2.86. The highest BCUT2D eigenvalue weighted by molar-refractivity contribution is 5.93. The number of nitrogens with zero attached hydrogens (tertiary/aromatic N) is 1. The number of nitrogens with one attached hydrogen (secondary N) is 1. The molecule has 6 heteroatoms. The summed E-state index contributed by atoms with van der Waals surface area (Å²) in [5, 5.41) is 17.4. The summed E-state index contributed by atoms with van der Waals surface area (Å²) in [6.07, 6.45) is 4.68. The van der Waals surface area contributed by atoms with Crippen molar-refractivity contribution in [2.24, 2.45) is 0 Å². The van der Waals surface area contributed by atoms with Gasteiger partial charge >= 0.3 is 0 Å². The number of unbranched alkanes of at least 4 members (excludes halogenated alkanes) is 3. The van der Waals surface area contributed by atoms with Crippen molar-refractivity contribution in [3.63, 3.8) is 0 Å². The van der Waals surface area contributed by atoms with E-state index in [1.165, 1.54) is 11.5 Å². The Labute approximate surface area is 129 Å². The van der Waals surface area contributed by atoms with Crippen LogP contribution in [0, 0.1) is 5.82 Å². The molecule has 2 rings (SSSR count). The van der Waals surface area contributed by atoms with Gasteiger partial charge in [0.1, 0.15) is 5.82 Å². The molecule has 0 aromatic heterocycles. The predicted molar refractivity (Wildman–Crippen MR) is 80.2 cm³/mol. The largest absolute Gasteiger partial charge is 0.396 e. The highest BCUT2D eigenvalue weighted by atomic mass is 19.1. The second kappa shape index (κ2) is 8.22. The van der Waals surface area contributed by atoms with Crippen molar-refractivity contribution in [1.82, 2.24) is 10.4 Å². The van der Waals surface area contributed by atoms with Gasteiger partial charge in [-0.1, -0.05) is 12.8 Å². The van der Waals surface area contributed by atoms with Gasteiger partial charge in [-0.3, -0.25) is 14.9 Å². The van der Waals surface area contributed by atoms with E-state index in [-0.39, 0.29) is 18.0 Å². The normalized spacial score (nSPS) is 14.7. The van der Waals surface area contributed by atoms with E-state index < -0.39 is 5.91 Å². The molecule has 0 fully saturated rings. The van der Waals surface area contributed by atoms with Gasteiger partial charge in [-0.05, 0) is 43.5 Å². The zero-order valence-electron chi connectivity index (χ0n) is 12.6. The topological polar surface area (TPSA) is 72.8 Å². The Morgan fingerprint density at radius 3 is 2.77 bits per heavy atom. The smallest absolute Gasteiger partial charge is 0.274 e. The first kappa shape index (κ1) is 16.9. The molecular formula is C16H23FN2O3. The predicted octanol–water partition coefficient (Wildman–Crippen LogP) is 1.86. The van der Waals surface area contributed by atoms with Crippen molar-refractivity contribution in [3.8, 4) is 0 Å². The minimum absolute atomic E-state index is 0.149. The van der Waals surface area contributed by atoms with Crippen LogP contribution in [0.1, 0.15) is 47.2 Å². The maximum atomic E-state index is 14.2. The number of carbonyl (C=O) groups is 1. The molecule has 0 unspecified atom stereocenters. The van der Waals surface area contributed by atoms with Crippen LogP contribution >= 0.6 is 0 Å². The fraction of sp³-hybridized carbons (Fsp3) is 0.562. The minimum atomic E-state index is -0.687. The number of rotatable bonds is 7. The van der Waals surface area contributed by atoms with Gasteiger partial charge in [0, 0.05) is 30.8 Å². The van der Waals surface area contributed by atoms with E-state index in [2.05, 4.69) is 4.90 Å². The number of amides is 1. The van der Waals surface area contributed by atoms with E-state index in [0.29, 0.717) is 18.5 Å². The average Bonchev–Trinajstić information content (AvgIpc) is 2.54. The molecule has 0 saturated carbocycles. The highest BCUT2D eigenvalue weighted by Gasteiger charge is 2.21. The molecule has 1 aliphatic heterocycles. The maximum absolute atomic E-state index is 14.2. The summed E-state index contributed by atoms with van der Waals surface area (Å²) >= 11 is 0. The molecule has 122 valence electrons. The lowest BCUT2D eigenvalue weighted by atomic mass is 9.96. The van der Waals surface area contributed by atoms with Crippen LogP contribution in [0.15, 0.2) is 12.1 Å². The second-order valence-electron chi connectivity index (χ2n) is 5.70.